The fraction of sp³-hybridized carbons (Fsp3) is 0.188. The molecule has 2 heterocycles. The van der Waals surface area contributed by atoms with Crippen molar-refractivity contribution >= 4 is 33.7 Å². The van der Waals surface area contributed by atoms with Gasteiger partial charge in [-0.2, -0.15) is 5.10 Å². The van der Waals surface area contributed by atoms with Crippen LogP contribution in [-0.4, -0.2) is 31.9 Å². The molecule has 124 valence electrons. The van der Waals surface area contributed by atoms with Gasteiger partial charge in [0.15, 0.2) is 0 Å². The van der Waals surface area contributed by atoms with E-state index >= 15 is 0 Å². The van der Waals surface area contributed by atoms with Gasteiger partial charge in [0, 0.05) is 10.0 Å². The molecule has 7 nitrogen and oxygen atoms in total. The molecular weight excluding hydrogens is 378 g/mol. The Bertz CT molecular complexity index is 855. The summed E-state index contributed by atoms with van der Waals surface area (Å²) in [5.41, 5.74) is 1.69. The zero-order valence-electron chi connectivity index (χ0n) is 12.7. The van der Waals surface area contributed by atoms with Crippen LogP contribution in [0, 0.1) is 6.92 Å². The molecule has 1 aromatic heterocycles. The summed E-state index contributed by atoms with van der Waals surface area (Å²) in [5, 5.41) is 26.1. The van der Waals surface area contributed by atoms with Crippen molar-refractivity contribution in [2.24, 2.45) is 0 Å². The van der Waals surface area contributed by atoms with Gasteiger partial charge in [0.25, 0.3) is 0 Å². The molecule has 0 aliphatic carbocycles. The van der Waals surface area contributed by atoms with Crippen molar-refractivity contribution in [1.29, 1.82) is 0 Å². The van der Waals surface area contributed by atoms with Crippen molar-refractivity contribution in [2.75, 3.05) is 5.32 Å². The summed E-state index contributed by atoms with van der Waals surface area (Å²) in [6, 6.07) is 7.28. The Morgan fingerprint density at radius 3 is 2.54 bits per heavy atom. The third-order valence-corrected chi connectivity index (χ3v) is 4.39. The Morgan fingerprint density at radius 1 is 1.29 bits per heavy atom. The number of fused-ring (bicyclic) bond motifs is 1. The lowest BCUT2D eigenvalue weighted by Crippen LogP contribution is -2.14. The van der Waals surface area contributed by atoms with Gasteiger partial charge in [-0.25, -0.2) is 9.48 Å². The smallest absolute Gasteiger partial charge is 0.352 e. The van der Waals surface area contributed by atoms with Crippen molar-refractivity contribution < 1.29 is 19.8 Å². The number of carbonyl (C=O) groups is 2. The Labute approximate surface area is 145 Å². The monoisotopic (exact) mass is 391 g/mol. The van der Waals surface area contributed by atoms with E-state index in [1.807, 2.05) is 24.3 Å². The first-order chi connectivity index (χ1) is 11.4. The zero-order valence-corrected chi connectivity index (χ0v) is 14.2. The van der Waals surface area contributed by atoms with Crippen LogP contribution in [0.15, 0.2) is 40.5 Å². The number of carboxylic acids is 2. The lowest BCUT2D eigenvalue weighted by atomic mass is 9.96. The Balaban J connectivity index is 2.20. The minimum absolute atomic E-state index is 0.0572. The largest absolute Gasteiger partial charge is 0.481 e. The van der Waals surface area contributed by atoms with Crippen LogP contribution in [0.4, 0.5) is 5.82 Å². The lowest BCUT2D eigenvalue weighted by molar-refractivity contribution is -0.139. The van der Waals surface area contributed by atoms with E-state index in [1.54, 1.807) is 6.92 Å². The molecule has 0 saturated carbocycles. The summed E-state index contributed by atoms with van der Waals surface area (Å²) in [6.07, 6.45) is 1.48. The second kappa shape index (κ2) is 6.12. The van der Waals surface area contributed by atoms with Gasteiger partial charge in [0.2, 0.25) is 0 Å². The van der Waals surface area contributed by atoms with E-state index in [1.165, 1.54) is 10.8 Å². The minimum atomic E-state index is -1.15. The highest BCUT2D eigenvalue weighted by molar-refractivity contribution is 9.10. The van der Waals surface area contributed by atoms with Crippen LogP contribution < -0.4 is 5.32 Å². The van der Waals surface area contributed by atoms with Gasteiger partial charge in [0.1, 0.15) is 11.5 Å². The number of nitrogens with zero attached hydrogens (tertiary/aromatic N) is 2. The number of aliphatic carboxylic acids is 2. The number of aryl methyl sites for hydroxylation is 1. The second-order valence-corrected chi connectivity index (χ2v) is 6.33. The summed E-state index contributed by atoms with van der Waals surface area (Å²) in [5.74, 6) is -2.64. The lowest BCUT2D eigenvalue weighted by Gasteiger charge is -2.12. The van der Waals surface area contributed by atoms with E-state index in [0.717, 1.165) is 4.47 Å². The molecule has 0 bridgehead atoms. The van der Waals surface area contributed by atoms with Gasteiger partial charge in [-0.1, -0.05) is 22.0 Å². The first-order valence-corrected chi connectivity index (χ1v) is 7.96. The molecule has 0 fully saturated rings. The number of allylic oxidation sites excluding steroid dienone is 1. The number of hydrogen-bond acceptors (Lipinski definition) is 4. The van der Waals surface area contributed by atoms with Gasteiger partial charge in [-0.15, -0.1) is 0 Å². The number of nitrogens with one attached hydrogen (secondary N) is 1. The van der Waals surface area contributed by atoms with E-state index in [2.05, 4.69) is 26.3 Å². The molecule has 0 amide bonds. The maximum Gasteiger partial charge on any atom is 0.352 e. The molecule has 1 aliphatic rings. The molecule has 3 N–H and O–H groups in total. The molecule has 1 atom stereocenters. The van der Waals surface area contributed by atoms with Crippen molar-refractivity contribution in [3.63, 3.8) is 0 Å². The Kier molecular flexibility index (Phi) is 4.15. The summed E-state index contributed by atoms with van der Waals surface area (Å²) in [4.78, 5) is 23.0. The number of aromatic nitrogens is 2. The standard InChI is InChI=1S/C16H14BrN3O4/c1-8-13-11(15(21)22)6-7-12(16(23)24)18-14(13)20(19-8)10-4-2-9(17)3-5-10/h2-5,7,11,18H,6H2,1H3,(H,21,22)(H,23,24). The van der Waals surface area contributed by atoms with E-state index in [0.29, 0.717) is 22.8 Å². The number of carboxylic acid groups (broad SMARTS) is 2. The third-order valence-electron chi connectivity index (χ3n) is 3.87. The number of benzene rings is 1. The van der Waals surface area contributed by atoms with Crippen LogP contribution >= 0.6 is 15.9 Å². The van der Waals surface area contributed by atoms with Crippen molar-refractivity contribution in [3.8, 4) is 5.69 Å². The molecule has 24 heavy (non-hydrogen) atoms. The van der Waals surface area contributed by atoms with Gasteiger partial charge in [-0.3, -0.25) is 4.79 Å². The highest BCUT2D eigenvalue weighted by atomic mass is 79.9. The molecule has 2 aromatic rings. The van der Waals surface area contributed by atoms with Gasteiger partial charge < -0.3 is 15.5 Å². The topological polar surface area (TPSA) is 104 Å². The van der Waals surface area contributed by atoms with Crippen LogP contribution in [0.25, 0.3) is 5.69 Å². The normalized spacial score (nSPS) is 16.6. The van der Waals surface area contributed by atoms with Crippen molar-refractivity contribution in [3.05, 3.63) is 51.8 Å². The highest BCUT2D eigenvalue weighted by Gasteiger charge is 2.32. The summed E-state index contributed by atoms with van der Waals surface area (Å²) in [6.45, 7) is 1.72. The molecule has 1 aromatic carbocycles. The first-order valence-electron chi connectivity index (χ1n) is 7.17. The molecule has 0 spiro atoms. The maximum absolute atomic E-state index is 11.6. The molecule has 0 saturated heterocycles. The van der Waals surface area contributed by atoms with E-state index in [9.17, 15) is 19.8 Å². The van der Waals surface area contributed by atoms with Crippen molar-refractivity contribution in [2.45, 2.75) is 19.3 Å². The van der Waals surface area contributed by atoms with Crippen molar-refractivity contribution in [1.82, 2.24) is 9.78 Å². The Hall–Kier alpha value is -2.61. The third kappa shape index (κ3) is 2.80. The van der Waals surface area contributed by atoms with Gasteiger partial charge >= 0.3 is 11.9 Å². The van der Waals surface area contributed by atoms with E-state index in [-0.39, 0.29) is 12.1 Å². The predicted octanol–water partition coefficient (Wildman–Crippen LogP) is 2.90. The van der Waals surface area contributed by atoms with E-state index in [4.69, 9.17) is 0 Å². The maximum atomic E-state index is 11.6. The molecule has 1 unspecified atom stereocenters. The number of halogens is 1. The second-order valence-electron chi connectivity index (χ2n) is 5.41. The number of hydrogen-bond donors (Lipinski definition) is 3. The summed E-state index contributed by atoms with van der Waals surface area (Å²) < 4.78 is 2.43. The molecule has 3 rings (SSSR count). The fourth-order valence-electron chi connectivity index (χ4n) is 2.74. The number of rotatable bonds is 3. The first kappa shape index (κ1) is 16.3. The minimum Gasteiger partial charge on any atom is -0.481 e. The molecule has 0 radical (unpaired) electrons. The van der Waals surface area contributed by atoms with E-state index < -0.39 is 17.9 Å². The zero-order chi connectivity index (χ0) is 17.4. The van der Waals surface area contributed by atoms with Gasteiger partial charge in [-0.05, 0) is 37.6 Å². The fourth-order valence-corrected chi connectivity index (χ4v) is 3.01. The van der Waals surface area contributed by atoms with Crippen LogP contribution in [-0.2, 0) is 9.59 Å². The Morgan fingerprint density at radius 2 is 1.96 bits per heavy atom. The quantitative estimate of drug-likeness (QED) is 0.742. The van der Waals surface area contributed by atoms with Gasteiger partial charge in [0.05, 0.1) is 17.3 Å². The SMILES string of the molecule is Cc1nn(-c2ccc(Br)cc2)c2c1C(C(=O)O)CC=C(C(=O)O)N2. The molecular formula is C16H14BrN3O4. The molecule has 1 aliphatic heterocycles. The average Bonchev–Trinajstić information content (AvgIpc) is 2.72. The van der Waals surface area contributed by atoms with Crippen LogP contribution in [0.3, 0.4) is 0 Å². The summed E-state index contributed by atoms with van der Waals surface area (Å²) in [7, 11) is 0. The van der Waals surface area contributed by atoms with Crippen LogP contribution in [0.5, 0.6) is 0 Å². The predicted molar refractivity (Wildman–Crippen MR) is 90.3 cm³/mol. The molecule has 8 heteroatoms. The average molecular weight is 392 g/mol. The highest BCUT2D eigenvalue weighted by Crippen LogP contribution is 2.36. The van der Waals surface area contributed by atoms with Crippen LogP contribution in [0.2, 0.25) is 0 Å². The number of anilines is 1. The summed E-state index contributed by atoms with van der Waals surface area (Å²) >= 11 is 3.36. The van der Waals surface area contributed by atoms with Crippen LogP contribution in [0.1, 0.15) is 23.6 Å².